The van der Waals surface area contributed by atoms with Crippen LogP contribution in [0.4, 0.5) is 0 Å². The van der Waals surface area contributed by atoms with Crippen LogP contribution in [0.5, 0.6) is 0 Å². The number of nitrogens with one attached hydrogen (secondary N) is 1. The van der Waals surface area contributed by atoms with E-state index < -0.39 is 0 Å². The second-order valence-electron chi connectivity index (χ2n) is 5.12. The number of piperidine rings is 1. The third kappa shape index (κ3) is 3.31. The van der Waals surface area contributed by atoms with Crippen molar-refractivity contribution in [3.05, 3.63) is 23.0 Å². The number of halogens is 1. The summed E-state index contributed by atoms with van der Waals surface area (Å²) in [5.41, 5.74) is 0.712. The zero-order valence-corrected chi connectivity index (χ0v) is 12.4. The van der Waals surface area contributed by atoms with Crippen LogP contribution >= 0.6 is 11.6 Å². The van der Waals surface area contributed by atoms with Crippen molar-refractivity contribution in [2.45, 2.75) is 38.8 Å². The van der Waals surface area contributed by atoms with Crippen LogP contribution in [0, 0.1) is 0 Å². The molecule has 4 nitrogen and oxygen atoms in total. The smallest absolute Gasteiger partial charge is 0.270 e. The van der Waals surface area contributed by atoms with Crippen LogP contribution in [0.15, 0.2) is 12.3 Å². The summed E-state index contributed by atoms with van der Waals surface area (Å²) in [6.45, 7) is 4.55. The minimum Gasteiger partial charge on any atom is -0.342 e. The number of likely N-dealkylation sites (tertiary alicyclic amines) is 1. The monoisotopic (exact) mass is 283 g/mol. The van der Waals surface area contributed by atoms with Crippen LogP contribution in [0.25, 0.3) is 0 Å². The lowest BCUT2D eigenvalue weighted by Crippen LogP contribution is -2.47. The van der Waals surface area contributed by atoms with Crippen molar-refractivity contribution >= 4 is 17.5 Å². The number of amides is 1. The van der Waals surface area contributed by atoms with Gasteiger partial charge in [0.2, 0.25) is 0 Å². The Morgan fingerprint density at radius 2 is 2.37 bits per heavy atom. The maximum Gasteiger partial charge on any atom is 0.270 e. The van der Waals surface area contributed by atoms with Crippen LogP contribution in [0.2, 0.25) is 5.02 Å². The van der Waals surface area contributed by atoms with Gasteiger partial charge >= 0.3 is 0 Å². The highest BCUT2D eigenvalue weighted by Crippen LogP contribution is 2.19. The van der Waals surface area contributed by atoms with E-state index in [0.29, 0.717) is 16.8 Å². The maximum absolute atomic E-state index is 12.6. The molecular formula is C14H22ClN3O. The first-order valence-corrected chi connectivity index (χ1v) is 7.35. The third-order valence-electron chi connectivity index (χ3n) is 3.66. The summed E-state index contributed by atoms with van der Waals surface area (Å²) in [4.78, 5) is 14.5. The fraction of sp³-hybridized carbons (Fsp3) is 0.643. The summed E-state index contributed by atoms with van der Waals surface area (Å²) < 4.78 is 1.97. The maximum atomic E-state index is 12.6. The van der Waals surface area contributed by atoms with E-state index in [9.17, 15) is 4.79 Å². The number of aryl methyl sites for hydroxylation is 1. The first-order valence-electron chi connectivity index (χ1n) is 6.98. The van der Waals surface area contributed by atoms with Crippen molar-refractivity contribution in [2.75, 3.05) is 20.1 Å². The van der Waals surface area contributed by atoms with E-state index in [1.807, 2.05) is 22.7 Å². The second kappa shape index (κ2) is 6.44. The SMILES string of the molecule is CCCn1cc(Cl)cc1C(=O)N1CCCC(NC)C1. The molecule has 5 heteroatoms. The van der Waals surface area contributed by atoms with Crippen molar-refractivity contribution in [1.29, 1.82) is 0 Å². The van der Waals surface area contributed by atoms with E-state index in [-0.39, 0.29) is 5.91 Å². The Hall–Kier alpha value is -1.00. The van der Waals surface area contributed by atoms with E-state index in [1.54, 1.807) is 6.07 Å². The molecule has 0 aliphatic carbocycles. The molecule has 1 aromatic heterocycles. The number of hydrogen-bond acceptors (Lipinski definition) is 2. The molecule has 1 aliphatic rings. The van der Waals surface area contributed by atoms with Gasteiger partial charge in [-0.25, -0.2) is 0 Å². The van der Waals surface area contributed by atoms with Crippen molar-refractivity contribution in [1.82, 2.24) is 14.8 Å². The van der Waals surface area contributed by atoms with Crippen molar-refractivity contribution in [2.24, 2.45) is 0 Å². The molecular weight excluding hydrogens is 262 g/mol. The van der Waals surface area contributed by atoms with Crippen molar-refractivity contribution < 1.29 is 4.79 Å². The summed E-state index contributed by atoms with van der Waals surface area (Å²) in [6, 6.07) is 2.19. The highest BCUT2D eigenvalue weighted by molar-refractivity contribution is 6.31. The first kappa shape index (κ1) is 14.4. The van der Waals surface area contributed by atoms with Gasteiger partial charge in [-0.15, -0.1) is 0 Å². The predicted octanol–water partition coefficient (Wildman–Crippen LogP) is 2.38. The summed E-state index contributed by atoms with van der Waals surface area (Å²) in [5.74, 6) is 0.0975. The average molecular weight is 284 g/mol. The highest BCUT2D eigenvalue weighted by atomic mass is 35.5. The van der Waals surface area contributed by atoms with E-state index in [1.165, 1.54) is 0 Å². The second-order valence-corrected chi connectivity index (χ2v) is 5.55. The molecule has 1 aliphatic heterocycles. The molecule has 0 aromatic carbocycles. The molecule has 1 fully saturated rings. The van der Waals surface area contributed by atoms with Crippen molar-refractivity contribution in [3.8, 4) is 0 Å². The van der Waals surface area contributed by atoms with E-state index >= 15 is 0 Å². The zero-order chi connectivity index (χ0) is 13.8. The molecule has 0 radical (unpaired) electrons. The lowest BCUT2D eigenvalue weighted by atomic mass is 10.1. The summed E-state index contributed by atoms with van der Waals surface area (Å²) in [5, 5.41) is 3.90. The van der Waals surface area contributed by atoms with E-state index in [2.05, 4.69) is 12.2 Å². The molecule has 1 unspecified atom stereocenters. The lowest BCUT2D eigenvalue weighted by molar-refractivity contribution is 0.0687. The molecule has 0 bridgehead atoms. The van der Waals surface area contributed by atoms with Gasteiger partial charge in [-0.3, -0.25) is 4.79 Å². The van der Waals surface area contributed by atoms with Gasteiger partial charge in [-0.05, 0) is 32.4 Å². The number of rotatable bonds is 4. The molecule has 1 amide bonds. The minimum atomic E-state index is 0.0975. The van der Waals surface area contributed by atoms with Crippen molar-refractivity contribution in [3.63, 3.8) is 0 Å². The average Bonchev–Trinajstić information content (AvgIpc) is 2.79. The molecule has 0 saturated carbocycles. The fourth-order valence-corrected chi connectivity index (χ4v) is 2.86. The van der Waals surface area contributed by atoms with Crippen LogP contribution in [-0.2, 0) is 6.54 Å². The number of carbonyl (C=O) groups is 1. The van der Waals surface area contributed by atoms with E-state index in [0.717, 1.165) is 38.9 Å². The lowest BCUT2D eigenvalue weighted by Gasteiger charge is -2.32. The van der Waals surface area contributed by atoms with Gasteiger partial charge in [0.1, 0.15) is 5.69 Å². The number of hydrogen-bond donors (Lipinski definition) is 1. The van der Waals surface area contributed by atoms with Crippen LogP contribution in [-0.4, -0.2) is 41.6 Å². The molecule has 106 valence electrons. The number of likely N-dealkylation sites (N-methyl/N-ethyl adjacent to an activating group) is 1. The minimum absolute atomic E-state index is 0.0975. The summed E-state index contributed by atoms with van der Waals surface area (Å²) >= 11 is 6.04. The van der Waals surface area contributed by atoms with E-state index in [4.69, 9.17) is 11.6 Å². The van der Waals surface area contributed by atoms with Crippen LogP contribution in [0.3, 0.4) is 0 Å². The van der Waals surface area contributed by atoms with Gasteiger partial charge in [0.15, 0.2) is 0 Å². The molecule has 0 spiro atoms. The molecule has 1 N–H and O–H groups in total. The number of aromatic nitrogens is 1. The quantitative estimate of drug-likeness (QED) is 0.921. The Morgan fingerprint density at radius 1 is 1.58 bits per heavy atom. The van der Waals surface area contributed by atoms with Gasteiger partial charge < -0.3 is 14.8 Å². The van der Waals surface area contributed by atoms with Gasteiger partial charge in [0, 0.05) is 31.9 Å². The largest absolute Gasteiger partial charge is 0.342 e. The fourth-order valence-electron chi connectivity index (χ4n) is 2.64. The molecule has 19 heavy (non-hydrogen) atoms. The summed E-state index contributed by atoms with van der Waals surface area (Å²) in [6.07, 6.45) is 5.03. The Bertz CT molecular complexity index is 444. The van der Waals surface area contributed by atoms with Gasteiger partial charge in [-0.2, -0.15) is 0 Å². The Kier molecular flexibility index (Phi) is 4.88. The Labute approximate surface area is 119 Å². The number of carbonyl (C=O) groups excluding carboxylic acids is 1. The molecule has 2 rings (SSSR count). The molecule has 1 saturated heterocycles. The summed E-state index contributed by atoms with van der Waals surface area (Å²) in [7, 11) is 1.95. The van der Waals surface area contributed by atoms with Gasteiger partial charge in [0.25, 0.3) is 5.91 Å². The first-order chi connectivity index (χ1) is 9.15. The zero-order valence-electron chi connectivity index (χ0n) is 11.7. The normalized spacial score (nSPS) is 19.7. The van der Waals surface area contributed by atoms with Gasteiger partial charge in [0.05, 0.1) is 5.02 Å². The number of nitrogens with zero attached hydrogens (tertiary/aromatic N) is 2. The standard InChI is InChI=1S/C14H22ClN3O/c1-3-6-17-9-11(15)8-13(17)14(19)18-7-4-5-12(10-18)16-2/h8-9,12,16H,3-7,10H2,1-2H3. The Morgan fingerprint density at radius 3 is 3.05 bits per heavy atom. The van der Waals surface area contributed by atoms with Gasteiger partial charge in [-0.1, -0.05) is 18.5 Å². The third-order valence-corrected chi connectivity index (χ3v) is 3.87. The molecule has 1 atom stereocenters. The topological polar surface area (TPSA) is 37.3 Å². The molecule has 1 aromatic rings. The molecule has 2 heterocycles. The van der Waals surface area contributed by atoms with Crippen LogP contribution < -0.4 is 5.32 Å². The highest BCUT2D eigenvalue weighted by Gasteiger charge is 2.25. The predicted molar refractivity (Wildman–Crippen MR) is 77.7 cm³/mol. The van der Waals surface area contributed by atoms with Crippen LogP contribution in [0.1, 0.15) is 36.7 Å². The Balaban J connectivity index is 2.14.